The topological polar surface area (TPSA) is 255 Å². The summed E-state index contributed by atoms with van der Waals surface area (Å²) in [6, 6.07) is 5.08. The number of anilines is 1. The van der Waals surface area contributed by atoms with Crippen molar-refractivity contribution in [3.8, 4) is 0 Å². The van der Waals surface area contributed by atoms with E-state index in [1.165, 1.54) is 25.7 Å². The zero-order chi connectivity index (χ0) is 103. The van der Waals surface area contributed by atoms with Crippen LogP contribution >= 0.6 is 0 Å². The highest BCUT2D eigenvalue weighted by Gasteiger charge is 2.23. The van der Waals surface area contributed by atoms with E-state index in [4.69, 9.17) is 28.4 Å². The van der Waals surface area contributed by atoms with Gasteiger partial charge in [-0.3, -0.25) is 43.2 Å². The summed E-state index contributed by atoms with van der Waals surface area (Å²) in [7, 11) is 0. The molecular weight excluding hydrogens is 1770 g/mol. The van der Waals surface area contributed by atoms with Crippen molar-refractivity contribution in [1.82, 2.24) is 25.3 Å². The zero-order valence-corrected chi connectivity index (χ0v) is 93.7. The number of carbonyl (C=O) groups excluding carboxylic acids is 9. The fourth-order valence-electron chi connectivity index (χ4n) is 19.0. The second kappa shape index (κ2) is 97.7. The van der Waals surface area contributed by atoms with E-state index in [9.17, 15) is 43.2 Å². The maximum absolute atomic E-state index is 14.6. The molecule has 0 spiro atoms. The van der Waals surface area contributed by atoms with Gasteiger partial charge in [-0.2, -0.15) is 0 Å². The SMILES string of the molecule is CCCCCC(CC)OC(=O)CCCCCCCCN(CCCCCCCCC(=O)OC(CC)CCCCC)CCCNC(=O)c1cc(NC(=O)CCCN(CCCCCCCCC(=O)OC(CC)CCCCC)CCCCCCCCC(=O)OC(CC)CCCCC)cc(C(=O)NCCCN(CCCCCCCCC(=O)OC(CC)CCCCC)CCCCCCCCC(=O)OC(CC)CCCCC)c1. The summed E-state index contributed by atoms with van der Waals surface area (Å²) in [5.74, 6) is -1.17. The first-order valence-corrected chi connectivity index (χ1v) is 60.1. The van der Waals surface area contributed by atoms with Gasteiger partial charge in [0.2, 0.25) is 5.91 Å². The zero-order valence-electron chi connectivity index (χ0n) is 93.7. The van der Waals surface area contributed by atoms with Gasteiger partial charge in [-0.15, -0.1) is 0 Å². The highest BCUT2D eigenvalue weighted by molar-refractivity contribution is 6.02. The van der Waals surface area contributed by atoms with Crippen LogP contribution in [0.1, 0.15) is 592 Å². The molecule has 0 fully saturated rings. The monoisotopic (exact) mass is 1990 g/mol. The normalized spacial score (nSPS) is 12.9. The second-order valence-corrected chi connectivity index (χ2v) is 41.5. The van der Waals surface area contributed by atoms with Gasteiger partial charge in [0.05, 0.1) is 0 Å². The summed E-state index contributed by atoms with van der Waals surface area (Å²) < 4.78 is 35.1. The molecule has 0 aliphatic rings. The molecule has 0 bridgehead atoms. The minimum atomic E-state index is -0.304. The number of nitrogens with one attached hydrogen (secondary N) is 3. The van der Waals surface area contributed by atoms with Crippen LogP contribution in [0.15, 0.2) is 18.2 Å². The third kappa shape index (κ3) is 81.1. The minimum Gasteiger partial charge on any atom is -0.462 e. The van der Waals surface area contributed by atoms with E-state index in [0.717, 1.165) is 470 Å². The average Bonchev–Trinajstić information content (AvgIpc) is 0.831. The van der Waals surface area contributed by atoms with Gasteiger partial charge >= 0.3 is 35.8 Å². The molecule has 141 heavy (non-hydrogen) atoms. The number of carbonyl (C=O) groups is 9. The molecule has 822 valence electrons. The molecule has 0 aromatic heterocycles. The van der Waals surface area contributed by atoms with Gasteiger partial charge in [0, 0.05) is 74.8 Å². The highest BCUT2D eigenvalue weighted by Crippen LogP contribution is 2.25. The number of benzene rings is 1. The van der Waals surface area contributed by atoms with Crippen molar-refractivity contribution < 1.29 is 71.6 Å². The summed E-state index contributed by atoms with van der Waals surface area (Å²) in [5.41, 5.74) is 1.03. The van der Waals surface area contributed by atoms with Gasteiger partial charge < -0.3 is 59.1 Å². The fourth-order valence-corrected chi connectivity index (χ4v) is 19.0. The van der Waals surface area contributed by atoms with E-state index in [1.54, 1.807) is 18.2 Å². The minimum absolute atomic E-state index is 0.0207. The summed E-state index contributed by atoms with van der Waals surface area (Å²) >= 11 is 0. The van der Waals surface area contributed by atoms with Crippen molar-refractivity contribution in [2.45, 2.75) is 608 Å². The maximum Gasteiger partial charge on any atom is 0.306 e. The lowest BCUT2D eigenvalue weighted by atomic mass is 10.1. The van der Waals surface area contributed by atoms with E-state index in [2.05, 4.69) is 114 Å². The van der Waals surface area contributed by atoms with Gasteiger partial charge in [0.15, 0.2) is 0 Å². The van der Waals surface area contributed by atoms with Gasteiger partial charge in [0.25, 0.3) is 11.8 Å². The van der Waals surface area contributed by atoms with E-state index in [1.807, 2.05) is 0 Å². The molecule has 0 saturated carbocycles. The van der Waals surface area contributed by atoms with Gasteiger partial charge in [-0.25, -0.2) is 0 Å². The largest absolute Gasteiger partial charge is 0.462 e. The lowest BCUT2D eigenvalue weighted by molar-refractivity contribution is -0.150. The van der Waals surface area contributed by atoms with Crippen molar-refractivity contribution in [3.05, 3.63) is 29.3 Å². The van der Waals surface area contributed by atoms with Gasteiger partial charge in [0.1, 0.15) is 36.6 Å². The molecule has 21 heteroatoms. The Morgan fingerprint density at radius 2 is 0.397 bits per heavy atom. The number of hydrogen-bond donors (Lipinski definition) is 3. The summed E-state index contributed by atoms with van der Waals surface area (Å²) in [5, 5.41) is 9.59. The number of nitrogens with zero attached hydrogens (tertiary/aromatic N) is 3. The standard InChI is InChI=1S/C120H222N6O15/c1-13-25-55-76-106(19-7)136-113(128)83-61-43-31-37-49-67-91-124(92-68-50-38-32-44-62-84-114(129)137-107(20-8)77-56-26-14-2)97-73-82-112(127)123-105-101-103(119(134)121-89-74-98-125(93-69-51-39-33-45-63-85-115(130)138-108(21-9)78-57-27-15-3)94-70-52-40-34-46-64-86-116(131)139-109(22-10)79-58-28-16-4)100-104(102-105)120(135)122-90-75-99-126(95-71-53-41-35-47-65-87-117(132)140-110(23-11)80-59-29-17-5)96-72-54-42-36-48-66-88-118(133)141-111(24-12)81-60-30-18-6/h100-102,106-111H,13-99H2,1-12H3,(H,121,134)(H,122,135)(H,123,127). The first-order chi connectivity index (χ1) is 68.8. The summed E-state index contributed by atoms with van der Waals surface area (Å²) in [6.07, 6.45) is 73.9. The lowest BCUT2D eigenvalue weighted by Gasteiger charge is -2.23. The Balaban J connectivity index is 3.52. The molecule has 0 saturated heterocycles. The van der Waals surface area contributed by atoms with Crippen molar-refractivity contribution in [2.24, 2.45) is 0 Å². The van der Waals surface area contributed by atoms with E-state index in [0.29, 0.717) is 74.8 Å². The number of hydrogen-bond acceptors (Lipinski definition) is 18. The van der Waals surface area contributed by atoms with Gasteiger partial charge in [-0.05, 0) is 289 Å². The van der Waals surface area contributed by atoms with Crippen molar-refractivity contribution in [3.63, 3.8) is 0 Å². The van der Waals surface area contributed by atoms with Crippen molar-refractivity contribution in [2.75, 3.05) is 77.3 Å². The van der Waals surface area contributed by atoms with Crippen LogP contribution in [-0.4, -0.2) is 177 Å². The van der Waals surface area contributed by atoms with E-state index >= 15 is 0 Å². The molecule has 1 aromatic carbocycles. The first kappa shape index (κ1) is 133. The third-order valence-electron chi connectivity index (χ3n) is 28.4. The molecule has 1 aromatic rings. The predicted octanol–water partition coefficient (Wildman–Crippen LogP) is 31.3. The van der Waals surface area contributed by atoms with Crippen LogP contribution in [0, 0.1) is 0 Å². The molecule has 0 radical (unpaired) electrons. The van der Waals surface area contributed by atoms with Crippen LogP contribution in [0.5, 0.6) is 0 Å². The van der Waals surface area contributed by atoms with Crippen LogP contribution in [-0.2, 0) is 62.0 Å². The van der Waals surface area contributed by atoms with Crippen molar-refractivity contribution in [1.29, 1.82) is 0 Å². The third-order valence-corrected chi connectivity index (χ3v) is 28.4. The molecule has 21 nitrogen and oxygen atoms in total. The van der Waals surface area contributed by atoms with Crippen LogP contribution in [0.25, 0.3) is 0 Å². The molecule has 0 heterocycles. The smallest absolute Gasteiger partial charge is 0.306 e. The van der Waals surface area contributed by atoms with Crippen LogP contribution in [0.2, 0.25) is 0 Å². The number of amides is 3. The summed E-state index contributed by atoms with van der Waals surface area (Å²) in [6.45, 7) is 34.7. The van der Waals surface area contributed by atoms with E-state index < -0.39 is 0 Å². The molecule has 1 rings (SSSR count). The van der Waals surface area contributed by atoms with Crippen LogP contribution < -0.4 is 16.0 Å². The number of unbranched alkanes of at least 4 members (excludes halogenated alkanes) is 42. The molecule has 3 amide bonds. The lowest BCUT2D eigenvalue weighted by Crippen LogP contribution is -2.32. The Hall–Kier alpha value is -5.67. The molecule has 0 aliphatic heterocycles. The molecule has 0 aliphatic carbocycles. The number of rotatable bonds is 105. The Bertz CT molecular complexity index is 2860. The molecule has 6 unspecified atom stereocenters. The first-order valence-electron chi connectivity index (χ1n) is 60.1. The van der Waals surface area contributed by atoms with Crippen LogP contribution in [0.4, 0.5) is 5.69 Å². The molecular formula is C120H222N6O15. The molecule has 3 N–H and O–H groups in total. The number of esters is 6. The van der Waals surface area contributed by atoms with Gasteiger partial charge in [-0.1, -0.05) is 314 Å². The Kier molecular flexibility index (Phi) is 92.4. The Morgan fingerprint density at radius 1 is 0.213 bits per heavy atom. The maximum atomic E-state index is 14.6. The van der Waals surface area contributed by atoms with Crippen LogP contribution in [0.3, 0.4) is 0 Å². The number of ether oxygens (including phenoxy) is 6. The highest BCUT2D eigenvalue weighted by atomic mass is 16.6. The Morgan fingerprint density at radius 3 is 0.596 bits per heavy atom. The van der Waals surface area contributed by atoms with E-state index in [-0.39, 0.29) is 96.6 Å². The quantitative estimate of drug-likeness (QED) is 0.0311. The van der Waals surface area contributed by atoms with Crippen molar-refractivity contribution >= 4 is 59.2 Å². The molecule has 6 atom stereocenters. The fraction of sp³-hybridized carbons (Fsp3) is 0.875. The Labute approximate surface area is 865 Å². The predicted molar refractivity (Wildman–Crippen MR) is 587 cm³/mol. The summed E-state index contributed by atoms with van der Waals surface area (Å²) in [4.78, 5) is 128. The second-order valence-electron chi connectivity index (χ2n) is 41.5. The average molecular weight is 1990 g/mol.